The Balaban J connectivity index is 1.57. The molecular weight excluding hydrogens is 428 g/mol. The molecule has 0 aliphatic carbocycles. The molecule has 0 saturated carbocycles. The molecule has 2 aliphatic heterocycles. The number of ether oxygens (including phenoxy) is 2. The molecule has 2 aromatic rings. The van der Waals surface area contributed by atoms with Crippen molar-refractivity contribution in [1.29, 1.82) is 0 Å². The second-order valence-electron chi connectivity index (χ2n) is 6.84. The second kappa shape index (κ2) is 8.41. The highest BCUT2D eigenvalue weighted by atomic mass is 32.1. The standard InChI is InChI=1S/C20H18N2O6S2/c23-17(24)4-2-1-3-5-22-19(26)16(30-20(22)29)8-12-6-11-7-14-15(28-10-27-14)9-13(11)21-18(12)25/h6-9,26H,1-5,10H2,(H,23,24). The van der Waals surface area contributed by atoms with Crippen LogP contribution in [-0.4, -0.2) is 33.4 Å². The van der Waals surface area contributed by atoms with Gasteiger partial charge in [0.2, 0.25) is 12.7 Å². The Morgan fingerprint density at radius 3 is 2.80 bits per heavy atom. The number of hydrogen-bond donors (Lipinski definition) is 2. The van der Waals surface area contributed by atoms with Crippen molar-refractivity contribution in [2.75, 3.05) is 6.79 Å². The Bertz CT molecular complexity index is 1240. The van der Waals surface area contributed by atoms with Gasteiger partial charge >= 0.3 is 5.97 Å². The summed E-state index contributed by atoms with van der Waals surface area (Å²) in [4.78, 5) is 27.6. The topological polar surface area (TPSA) is 110 Å². The average molecular weight is 447 g/mol. The van der Waals surface area contributed by atoms with Crippen molar-refractivity contribution in [3.05, 3.63) is 37.1 Å². The third-order valence-electron chi connectivity index (χ3n) is 4.75. The highest BCUT2D eigenvalue weighted by Crippen LogP contribution is 2.31. The third-order valence-corrected chi connectivity index (χ3v) is 6.14. The molecule has 0 bridgehead atoms. The molecule has 0 atom stereocenters. The molecule has 8 nitrogen and oxygen atoms in total. The fourth-order valence-corrected chi connectivity index (χ4v) is 4.55. The number of amides is 1. The number of benzene rings is 1. The van der Waals surface area contributed by atoms with Gasteiger partial charge in [-0.2, -0.15) is 0 Å². The highest BCUT2D eigenvalue weighted by Gasteiger charge is 2.19. The van der Waals surface area contributed by atoms with Crippen LogP contribution in [0.5, 0.6) is 17.4 Å². The number of thiazole rings is 1. The van der Waals surface area contributed by atoms with Crippen LogP contribution in [0.4, 0.5) is 0 Å². The minimum absolute atomic E-state index is 0.00609. The van der Waals surface area contributed by atoms with Crippen LogP contribution >= 0.6 is 23.6 Å². The summed E-state index contributed by atoms with van der Waals surface area (Å²) in [5.74, 6) is -0.0827. The van der Waals surface area contributed by atoms with E-state index in [4.69, 9.17) is 26.8 Å². The number of carbonyl (C=O) groups is 2. The lowest BCUT2D eigenvalue weighted by Gasteiger charge is -2.06. The van der Waals surface area contributed by atoms with Crippen LogP contribution in [0.25, 0.3) is 12.2 Å². The van der Waals surface area contributed by atoms with Gasteiger partial charge in [-0.25, -0.2) is 4.99 Å². The Labute approximate surface area is 180 Å². The van der Waals surface area contributed by atoms with E-state index in [1.54, 1.807) is 28.9 Å². The Hall–Kier alpha value is -2.98. The van der Waals surface area contributed by atoms with Gasteiger partial charge in [-0.3, -0.25) is 14.2 Å². The predicted octanol–water partition coefficient (Wildman–Crippen LogP) is 2.38. The van der Waals surface area contributed by atoms with E-state index in [1.165, 1.54) is 11.3 Å². The molecule has 2 N–H and O–H groups in total. The van der Waals surface area contributed by atoms with Gasteiger partial charge in [0.15, 0.2) is 15.5 Å². The summed E-state index contributed by atoms with van der Waals surface area (Å²) in [7, 11) is 0. The van der Waals surface area contributed by atoms with Crippen molar-refractivity contribution >= 4 is 47.6 Å². The number of fused-ring (bicyclic) bond motifs is 2. The molecule has 0 spiro atoms. The Morgan fingerprint density at radius 1 is 1.27 bits per heavy atom. The lowest BCUT2D eigenvalue weighted by molar-refractivity contribution is -0.137. The summed E-state index contributed by atoms with van der Waals surface area (Å²) >= 11 is 6.55. The number of nitrogens with zero attached hydrogens (tertiary/aromatic N) is 2. The van der Waals surface area contributed by atoms with Crippen molar-refractivity contribution in [3.63, 3.8) is 0 Å². The van der Waals surface area contributed by atoms with Crippen LogP contribution in [0.1, 0.15) is 30.6 Å². The van der Waals surface area contributed by atoms with Crippen molar-refractivity contribution in [1.82, 2.24) is 4.57 Å². The molecule has 1 aromatic carbocycles. The number of unbranched alkanes of at least 4 members (excludes halogenated alkanes) is 2. The largest absolute Gasteiger partial charge is 0.493 e. The summed E-state index contributed by atoms with van der Waals surface area (Å²) in [6.45, 7) is 0.619. The van der Waals surface area contributed by atoms with Crippen molar-refractivity contribution < 1.29 is 29.3 Å². The molecule has 0 saturated heterocycles. The second-order valence-corrected chi connectivity index (χ2v) is 8.51. The molecule has 0 fully saturated rings. The van der Waals surface area contributed by atoms with Gasteiger partial charge in [-0.05, 0) is 43.3 Å². The number of hydrogen-bond acceptors (Lipinski definition) is 7. The van der Waals surface area contributed by atoms with Gasteiger partial charge < -0.3 is 19.7 Å². The van der Waals surface area contributed by atoms with Gasteiger partial charge in [0.1, 0.15) is 0 Å². The molecule has 156 valence electrons. The van der Waals surface area contributed by atoms with E-state index in [0.717, 1.165) is 11.6 Å². The van der Waals surface area contributed by atoms with Crippen LogP contribution in [0.15, 0.2) is 22.7 Å². The minimum Gasteiger partial charge on any atom is -0.493 e. The molecule has 10 heteroatoms. The summed E-state index contributed by atoms with van der Waals surface area (Å²) in [6.07, 6.45) is 5.40. The van der Waals surface area contributed by atoms with E-state index in [2.05, 4.69) is 4.99 Å². The average Bonchev–Trinajstić information content (AvgIpc) is 3.25. The van der Waals surface area contributed by atoms with Crippen LogP contribution in [-0.2, 0) is 16.1 Å². The van der Waals surface area contributed by atoms with Gasteiger partial charge in [0.25, 0.3) is 5.91 Å². The van der Waals surface area contributed by atoms with E-state index in [-0.39, 0.29) is 19.1 Å². The highest BCUT2D eigenvalue weighted by molar-refractivity contribution is 7.73. The molecule has 3 heterocycles. The zero-order valence-electron chi connectivity index (χ0n) is 15.8. The van der Waals surface area contributed by atoms with Crippen molar-refractivity contribution in [2.45, 2.75) is 32.2 Å². The van der Waals surface area contributed by atoms with Gasteiger partial charge in [-0.15, -0.1) is 11.3 Å². The predicted molar refractivity (Wildman–Crippen MR) is 112 cm³/mol. The fourth-order valence-electron chi connectivity index (χ4n) is 3.24. The summed E-state index contributed by atoms with van der Waals surface area (Å²) in [6, 6.07) is 3.44. The first-order valence-electron chi connectivity index (χ1n) is 9.33. The van der Waals surface area contributed by atoms with E-state index in [9.17, 15) is 14.7 Å². The summed E-state index contributed by atoms with van der Waals surface area (Å²) in [5.41, 5.74) is 0.335. The summed E-state index contributed by atoms with van der Waals surface area (Å²) in [5, 5.41) is 20.5. The Morgan fingerprint density at radius 2 is 2.03 bits per heavy atom. The molecule has 1 aromatic heterocycles. The third kappa shape index (κ3) is 4.14. The first kappa shape index (κ1) is 20.3. The first-order chi connectivity index (χ1) is 14.4. The molecule has 4 rings (SSSR count). The number of carboxylic acids is 1. The van der Waals surface area contributed by atoms with Crippen molar-refractivity contribution in [3.8, 4) is 17.4 Å². The number of rotatable bonds is 7. The summed E-state index contributed by atoms with van der Waals surface area (Å²) < 4.78 is 12.8. The lowest BCUT2D eigenvalue weighted by atomic mass is 10.1. The smallest absolute Gasteiger partial charge is 0.303 e. The zero-order valence-corrected chi connectivity index (χ0v) is 17.4. The maximum absolute atomic E-state index is 12.5. The Kier molecular flexibility index (Phi) is 5.69. The maximum Gasteiger partial charge on any atom is 0.303 e. The number of aromatic nitrogens is 1. The SMILES string of the molecule is O=C(O)CCCCCn1c(O)c(C=C2C=c3cc4c(cc3=NC2=O)OCO4)sc1=S. The normalized spacial score (nSPS) is 15.6. The quantitative estimate of drug-likeness (QED) is 0.382. The minimum atomic E-state index is -0.816. The van der Waals surface area contributed by atoms with Crippen LogP contribution in [0.3, 0.4) is 0 Å². The number of aliphatic carboxylic acids is 1. The lowest BCUT2D eigenvalue weighted by Crippen LogP contribution is -2.30. The van der Waals surface area contributed by atoms with E-state index in [0.29, 0.717) is 50.6 Å². The van der Waals surface area contributed by atoms with Crippen LogP contribution in [0, 0.1) is 3.95 Å². The number of aromatic hydroxyl groups is 1. The monoisotopic (exact) mass is 446 g/mol. The van der Waals surface area contributed by atoms with E-state index in [1.807, 2.05) is 0 Å². The maximum atomic E-state index is 12.5. The molecule has 1 amide bonds. The van der Waals surface area contributed by atoms with Crippen molar-refractivity contribution in [2.24, 2.45) is 4.99 Å². The van der Waals surface area contributed by atoms with Crippen LogP contribution in [0.2, 0.25) is 0 Å². The zero-order chi connectivity index (χ0) is 21.3. The van der Waals surface area contributed by atoms with Gasteiger partial charge in [0, 0.05) is 29.8 Å². The number of carboxylic acid groups (broad SMARTS) is 1. The molecule has 0 radical (unpaired) electrons. The van der Waals surface area contributed by atoms with Crippen LogP contribution < -0.4 is 20.0 Å². The molecule has 0 unspecified atom stereocenters. The molecular formula is C20H18N2O6S2. The molecule has 30 heavy (non-hydrogen) atoms. The van der Waals surface area contributed by atoms with E-state index < -0.39 is 11.9 Å². The van der Waals surface area contributed by atoms with Gasteiger partial charge in [-0.1, -0.05) is 6.42 Å². The van der Waals surface area contributed by atoms with E-state index >= 15 is 0 Å². The van der Waals surface area contributed by atoms with Gasteiger partial charge in [0.05, 0.1) is 10.2 Å². The number of carbonyl (C=O) groups excluding carboxylic acids is 1. The first-order valence-corrected chi connectivity index (χ1v) is 10.6. The molecule has 2 aliphatic rings. The fraction of sp³-hybridized carbons (Fsp3) is 0.300.